The Hall–Kier alpha value is -2.96. The fourth-order valence-corrected chi connectivity index (χ4v) is 2.48. The highest BCUT2D eigenvalue weighted by atomic mass is 19.2. The van der Waals surface area contributed by atoms with Crippen LogP contribution in [0.1, 0.15) is 16.1 Å². The summed E-state index contributed by atoms with van der Waals surface area (Å²) in [7, 11) is 1.52. The molecule has 1 heterocycles. The molecule has 2 aromatic carbocycles. The molecule has 0 fully saturated rings. The van der Waals surface area contributed by atoms with Crippen LogP contribution in [0.4, 0.5) is 18.9 Å². The maximum Gasteiger partial charge on any atom is 0.272 e. The first-order valence-corrected chi connectivity index (χ1v) is 7.03. The van der Waals surface area contributed by atoms with Gasteiger partial charge in [0.1, 0.15) is 11.4 Å². The van der Waals surface area contributed by atoms with Crippen molar-refractivity contribution in [3.8, 4) is 5.75 Å². The number of halogens is 3. The quantitative estimate of drug-likeness (QED) is 0.707. The van der Waals surface area contributed by atoms with E-state index in [4.69, 9.17) is 4.74 Å². The van der Waals surface area contributed by atoms with E-state index in [0.717, 1.165) is 17.5 Å². The summed E-state index contributed by atoms with van der Waals surface area (Å²) < 4.78 is 45.0. The van der Waals surface area contributed by atoms with Crippen LogP contribution >= 0.6 is 0 Å². The summed E-state index contributed by atoms with van der Waals surface area (Å²) in [6, 6.07) is 6.97. The van der Waals surface area contributed by atoms with Crippen LogP contribution in [0.3, 0.4) is 0 Å². The number of aryl methyl sites for hydroxylation is 1. The van der Waals surface area contributed by atoms with Crippen molar-refractivity contribution < 1.29 is 22.7 Å². The van der Waals surface area contributed by atoms with Crippen LogP contribution in [0, 0.1) is 24.4 Å². The number of anilines is 1. The lowest BCUT2D eigenvalue weighted by Gasteiger charge is -2.07. The molecule has 0 spiro atoms. The Bertz CT molecular complexity index is 951. The van der Waals surface area contributed by atoms with Crippen LogP contribution in [0.25, 0.3) is 10.9 Å². The van der Waals surface area contributed by atoms with E-state index in [0.29, 0.717) is 16.8 Å². The summed E-state index contributed by atoms with van der Waals surface area (Å²) in [6.45, 7) is 1.72. The molecule has 24 heavy (non-hydrogen) atoms. The molecule has 0 aliphatic rings. The van der Waals surface area contributed by atoms with E-state index in [-0.39, 0.29) is 5.69 Å². The number of aromatic nitrogens is 1. The number of hydrogen-bond donors (Lipinski definition) is 2. The number of aromatic amines is 1. The summed E-state index contributed by atoms with van der Waals surface area (Å²) in [4.78, 5) is 15.3. The topological polar surface area (TPSA) is 54.1 Å². The van der Waals surface area contributed by atoms with Gasteiger partial charge in [-0.15, -0.1) is 0 Å². The fourth-order valence-electron chi connectivity index (χ4n) is 2.48. The Balaban J connectivity index is 1.97. The van der Waals surface area contributed by atoms with Crippen molar-refractivity contribution >= 4 is 22.5 Å². The van der Waals surface area contributed by atoms with Crippen molar-refractivity contribution in [1.82, 2.24) is 4.98 Å². The van der Waals surface area contributed by atoms with Gasteiger partial charge in [-0.05, 0) is 36.8 Å². The first-order valence-electron chi connectivity index (χ1n) is 7.03. The van der Waals surface area contributed by atoms with Crippen LogP contribution in [0.15, 0.2) is 30.3 Å². The molecule has 0 saturated heterocycles. The number of fused-ring (bicyclic) bond motifs is 1. The summed E-state index contributed by atoms with van der Waals surface area (Å²) in [5.41, 5.74) is 1.08. The third-order valence-electron chi connectivity index (χ3n) is 3.78. The minimum absolute atomic E-state index is 0.197. The first-order chi connectivity index (χ1) is 11.4. The van der Waals surface area contributed by atoms with E-state index in [1.54, 1.807) is 25.1 Å². The maximum atomic E-state index is 13.7. The molecule has 2 N–H and O–H groups in total. The highest BCUT2D eigenvalue weighted by Gasteiger charge is 2.19. The largest absolute Gasteiger partial charge is 0.497 e. The number of ether oxygens (including phenoxy) is 1. The molecule has 1 aromatic heterocycles. The zero-order valence-corrected chi connectivity index (χ0v) is 12.8. The number of rotatable bonds is 3. The number of benzene rings is 2. The molecule has 0 atom stereocenters. The van der Waals surface area contributed by atoms with Crippen molar-refractivity contribution in [1.29, 1.82) is 0 Å². The molecule has 0 aliphatic heterocycles. The van der Waals surface area contributed by atoms with Gasteiger partial charge >= 0.3 is 0 Å². The second kappa shape index (κ2) is 5.92. The van der Waals surface area contributed by atoms with Crippen LogP contribution in [-0.2, 0) is 0 Å². The zero-order chi connectivity index (χ0) is 17.4. The second-order valence-corrected chi connectivity index (χ2v) is 5.21. The minimum atomic E-state index is -1.63. The van der Waals surface area contributed by atoms with Crippen molar-refractivity contribution in [3.05, 3.63) is 59.0 Å². The Morgan fingerprint density at radius 1 is 1.12 bits per heavy atom. The third-order valence-corrected chi connectivity index (χ3v) is 3.78. The van der Waals surface area contributed by atoms with E-state index in [1.807, 2.05) is 0 Å². The van der Waals surface area contributed by atoms with Gasteiger partial charge in [-0.2, -0.15) is 0 Å². The molecule has 3 aromatic rings. The van der Waals surface area contributed by atoms with Gasteiger partial charge in [-0.25, -0.2) is 13.2 Å². The SMILES string of the molecule is COc1ccc2c(C)c(C(=O)Nc3ccc(F)c(F)c3F)[nH]c2c1. The second-order valence-electron chi connectivity index (χ2n) is 5.21. The van der Waals surface area contributed by atoms with Crippen molar-refractivity contribution in [2.75, 3.05) is 12.4 Å². The van der Waals surface area contributed by atoms with Gasteiger partial charge in [-0.1, -0.05) is 0 Å². The Labute approximate surface area is 135 Å². The van der Waals surface area contributed by atoms with E-state index in [1.165, 1.54) is 7.11 Å². The molecule has 0 bridgehead atoms. The molecular formula is C17H13F3N2O2. The molecule has 124 valence electrons. The number of H-pyrrole nitrogens is 1. The van der Waals surface area contributed by atoms with Gasteiger partial charge in [0.05, 0.1) is 12.8 Å². The standard InChI is InChI=1S/C17H13F3N2O2/c1-8-10-4-3-9(24-2)7-13(10)21-16(8)17(23)22-12-6-5-11(18)14(19)15(12)20/h3-7,21H,1-2H3,(H,22,23). The zero-order valence-electron chi connectivity index (χ0n) is 12.8. The van der Waals surface area contributed by atoms with Gasteiger partial charge in [0.2, 0.25) is 0 Å². The molecule has 7 heteroatoms. The van der Waals surface area contributed by atoms with Gasteiger partial charge in [0.25, 0.3) is 5.91 Å². The van der Waals surface area contributed by atoms with Crippen LogP contribution in [0.2, 0.25) is 0 Å². The van der Waals surface area contributed by atoms with E-state index in [9.17, 15) is 18.0 Å². The monoisotopic (exact) mass is 334 g/mol. The van der Waals surface area contributed by atoms with E-state index in [2.05, 4.69) is 10.3 Å². The number of methoxy groups -OCH3 is 1. The maximum absolute atomic E-state index is 13.7. The average molecular weight is 334 g/mol. The average Bonchev–Trinajstić information content (AvgIpc) is 2.91. The molecule has 0 saturated carbocycles. The normalized spacial score (nSPS) is 10.9. The van der Waals surface area contributed by atoms with E-state index < -0.39 is 29.0 Å². The molecule has 0 radical (unpaired) electrons. The van der Waals surface area contributed by atoms with Crippen molar-refractivity contribution in [2.45, 2.75) is 6.92 Å². The lowest BCUT2D eigenvalue weighted by atomic mass is 10.1. The van der Waals surface area contributed by atoms with Crippen molar-refractivity contribution in [2.24, 2.45) is 0 Å². The summed E-state index contributed by atoms with van der Waals surface area (Å²) in [5, 5.41) is 3.04. The van der Waals surface area contributed by atoms with E-state index >= 15 is 0 Å². The first kappa shape index (κ1) is 15.9. The van der Waals surface area contributed by atoms with Gasteiger partial charge in [0, 0.05) is 17.0 Å². The van der Waals surface area contributed by atoms with Crippen LogP contribution in [0.5, 0.6) is 5.75 Å². The summed E-state index contributed by atoms with van der Waals surface area (Å²) in [6.07, 6.45) is 0. The molecule has 0 aliphatic carbocycles. The number of carbonyl (C=O) groups excluding carboxylic acids is 1. The smallest absolute Gasteiger partial charge is 0.272 e. The van der Waals surface area contributed by atoms with Crippen LogP contribution < -0.4 is 10.1 Å². The minimum Gasteiger partial charge on any atom is -0.497 e. The Morgan fingerprint density at radius 3 is 2.58 bits per heavy atom. The molecular weight excluding hydrogens is 321 g/mol. The fraction of sp³-hybridized carbons (Fsp3) is 0.118. The van der Waals surface area contributed by atoms with Gasteiger partial charge in [0.15, 0.2) is 17.5 Å². The Morgan fingerprint density at radius 2 is 1.88 bits per heavy atom. The number of amides is 1. The van der Waals surface area contributed by atoms with Crippen LogP contribution in [-0.4, -0.2) is 18.0 Å². The predicted octanol–water partition coefficient (Wildman–Crippen LogP) is 4.15. The van der Waals surface area contributed by atoms with Crippen molar-refractivity contribution in [3.63, 3.8) is 0 Å². The Kier molecular flexibility index (Phi) is 3.92. The van der Waals surface area contributed by atoms with Gasteiger partial charge in [-0.3, -0.25) is 4.79 Å². The molecule has 3 rings (SSSR count). The highest BCUT2D eigenvalue weighted by molar-refractivity contribution is 6.08. The molecule has 4 nitrogen and oxygen atoms in total. The lowest BCUT2D eigenvalue weighted by molar-refractivity contribution is 0.102. The third kappa shape index (κ3) is 2.58. The molecule has 0 unspecified atom stereocenters. The highest BCUT2D eigenvalue weighted by Crippen LogP contribution is 2.27. The summed E-state index contributed by atoms with van der Waals surface area (Å²) >= 11 is 0. The number of hydrogen-bond acceptors (Lipinski definition) is 2. The number of carbonyl (C=O) groups is 1. The lowest BCUT2D eigenvalue weighted by Crippen LogP contribution is -2.15. The summed E-state index contributed by atoms with van der Waals surface area (Å²) in [5.74, 6) is -4.45. The predicted molar refractivity (Wildman–Crippen MR) is 83.9 cm³/mol. The number of nitrogens with one attached hydrogen (secondary N) is 2. The molecule has 1 amide bonds. The van der Waals surface area contributed by atoms with Gasteiger partial charge < -0.3 is 15.0 Å².